The molecule has 1 aromatic heterocycles. The molecular formula is C13H16N2O2S2. The average molecular weight is 296 g/mol. The van der Waals surface area contributed by atoms with E-state index in [1.807, 2.05) is 24.4 Å². The molecule has 2 aromatic rings. The molecule has 102 valence electrons. The van der Waals surface area contributed by atoms with E-state index >= 15 is 0 Å². The predicted molar refractivity (Wildman–Crippen MR) is 78.9 cm³/mol. The van der Waals surface area contributed by atoms with Crippen molar-refractivity contribution in [2.24, 2.45) is 5.14 Å². The minimum atomic E-state index is -3.68. The summed E-state index contributed by atoms with van der Waals surface area (Å²) < 4.78 is 22.9. The molecule has 0 aliphatic heterocycles. The minimum absolute atomic E-state index is 0.112. The molecule has 0 aliphatic rings. The predicted octanol–water partition coefficient (Wildman–Crippen LogP) is 2.88. The summed E-state index contributed by atoms with van der Waals surface area (Å²) in [5.74, 6) is 0. The fraction of sp³-hybridized carbons (Fsp3) is 0.231. The quantitative estimate of drug-likeness (QED) is 0.911. The SMILES string of the molecule is Cc1c(NC(C)c2ccsc2)cccc1S(N)(=O)=O. The Morgan fingerprint density at radius 3 is 2.63 bits per heavy atom. The molecule has 19 heavy (non-hydrogen) atoms. The van der Waals surface area contributed by atoms with Crippen LogP contribution in [-0.4, -0.2) is 8.42 Å². The lowest BCUT2D eigenvalue weighted by Gasteiger charge is -2.17. The molecule has 0 fully saturated rings. The third-order valence-electron chi connectivity index (χ3n) is 3.01. The summed E-state index contributed by atoms with van der Waals surface area (Å²) in [7, 11) is -3.68. The van der Waals surface area contributed by atoms with E-state index in [1.165, 1.54) is 11.6 Å². The van der Waals surface area contributed by atoms with Gasteiger partial charge in [-0.3, -0.25) is 0 Å². The first-order valence-corrected chi connectivity index (χ1v) is 8.29. The zero-order valence-corrected chi connectivity index (χ0v) is 12.4. The van der Waals surface area contributed by atoms with Gasteiger partial charge in [0.2, 0.25) is 10.0 Å². The van der Waals surface area contributed by atoms with Crippen molar-refractivity contribution < 1.29 is 8.42 Å². The molecule has 0 amide bonds. The summed E-state index contributed by atoms with van der Waals surface area (Å²) in [6, 6.07) is 7.22. The van der Waals surface area contributed by atoms with Gasteiger partial charge >= 0.3 is 0 Å². The van der Waals surface area contributed by atoms with Crippen molar-refractivity contribution in [3.05, 3.63) is 46.2 Å². The highest BCUT2D eigenvalue weighted by Gasteiger charge is 2.15. The molecule has 0 saturated heterocycles. The van der Waals surface area contributed by atoms with E-state index in [4.69, 9.17) is 5.14 Å². The van der Waals surface area contributed by atoms with Crippen LogP contribution in [0, 0.1) is 6.92 Å². The van der Waals surface area contributed by atoms with Crippen LogP contribution in [0.3, 0.4) is 0 Å². The number of thiophene rings is 1. The average Bonchev–Trinajstić information content (AvgIpc) is 2.83. The number of hydrogen-bond acceptors (Lipinski definition) is 4. The highest BCUT2D eigenvalue weighted by atomic mass is 32.2. The lowest BCUT2D eigenvalue weighted by molar-refractivity contribution is 0.597. The third kappa shape index (κ3) is 3.15. The standard InChI is InChI=1S/C13H16N2O2S2/c1-9-12(4-3-5-13(9)19(14,16)17)15-10(2)11-6-7-18-8-11/h3-8,10,15H,1-2H3,(H2,14,16,17). The van der Waals surface area contributed by atoms with Gasteiger partial charge in [-0.1, -0.05) is 6.07 Å². The topological polar surface area (TPSA) is 72.2 Å². The zero-order valence-electron chi connectivity index (χ0n) is 10.8. The van der Waals surface area contributed by atoms with Crippen LogP contribution in [0.25, 0.3) is 0 Å². The Bertz CT molecular complexity index is 664. The van der Waals surface area contributed by atoms with E-state index in [-0.39, 0.29) is 10.9 Å². The van der Waals surface area contributed by atoms with Crippen molar-refractivity contribution in [1.82, 2.24) is 0 Å². The van der Waals surface area contributed by atoms with Crippen molar-refractivity contribution in [2.45, 2.75) is 24.8 Å². The summed E-state index contributed by atoms with van der Waals surface area (Å²) in [5.41, 5.74) is 2.60. The third-order valence-corrected chi connectivity index (χ3v) is 4.76. The van der Waals surface area contributed by atoms with Gasteiger partial charge in [0, 0.05) is 11.7 Å². The van der Waals surface area contributed by atoms with Gasteiger partial charge in [-0.05, 0) is 53.9 Å². The fourth-order valence-electron chi connectivity index (χ4n) is 1.92. The van der Waals surface area contributed by atoms with Gasteiger partial charge in [0.1, 0.15) is 0 Å². The number of primary sulfonamides is 1. The van der Waals surface area contributed by atoms with Crippen molar-refractivity contribution >= 4 is 27.0 Å². The van der Waals surface area contributed by atoms with Crippen LogP contribution >= 0.6 is 11.3 Å². The Balaban J connectivity index is 2.32. The number of anilines is 1. The highest BCUT2D eigenvalue weighted by molar-refractivity contribution is 7.89. The number of benzene rings is 1. The van der Waals surface area contributed by atoms with Gasteiger partial charge in [0.05, 0.1) is 4.90 Å². The number of nitrogens with one attached hydrogen (secondary N) is 1. The van der Waals surface area contributed by atoms with Crippen LogP contribution in [0.5, 0.6) is 0 Å². The van der Waals surface area contributed by atoms with Crippen LogP contribution in [0.4, 0.5) is 5.69 Å². The van der Waals surface area contributed by atoms with Gasteiger partial charge in [0.25, 0.3) is 0 Å². The Kier molecular flexibility index (Phi) is 3.93. The van der Waals surface area contributed by atoms with Gasteiger partial charge in [0.15, 0.2) is 0 Å². The van der Waals surface area contributed by atoms with Crippen LogP contribution in [-0.2, 0) is 10.0 Å². The van der Waals surface area contributed by atoms with E-state index < -0.39 is 10.0 Å². The highest BCUT2D eigenvalue weighted by Crippen LogP contribution is 2.26. The van der Waals surface area contributed by atoms with Crippen molar-refractivity contribution in [1.29, 1.82) is 0 Å². The molecule has 6 heteroatoms. The molecular weight excluding hydrogens is 280 g/mol. The number of rotatable bonds is 4. The molecule has 2 rings (SSSR count). The molecule has 0 radical (unpaired) electrons. The molecule has 1 unspecified atom stereocenters. The van der Waals surface area contributed by atoms with Crippen LogP contribution < -0.4 is 10.5 Å². The Labute approximate surface area is 117 Å². The first-order chi connectivity index (χ1) is 8.89. The van der Waals surface area contributed by atoms with Gasteiger partial charge in [-0.2, -0.15) is 11.3 Å². The molecule has 0 aliphatic carbocycles. The van der Waals surface area contributed by atoms with Gasteiger partial charge < -0.3 is 5.32 Å². The van der Waals surface area contributed by atoms with E-state index in [0.717, 1.165) is 5.69 Å². The fourth-order valence-corrected chi connectivity index (χ4v) is 3.48. The number of nitrogens with two attached hydrogens (primary N) is 1. The Morgan fingerprint density at radius 2 is 2.05 bits per heavy atom. The van der Waals surface area contributed by atoms with E-state index in [9.17, 15) is 8.42 Å². The normalized spacial score (nSPS) is 13.2. The second kappa shape index (κ2) is 5.32. The molecule has 0 spiro atoms. The van der Waals surface area contributed by atoms with Crippen LogP contribution in [0.2, 0.25) is 0 Å². The molecule has 0 saturated carbocycles. The summed E-state index contributed by atoms with van der Waals surface area (Å²) in [6.45, 7) is 3.79. The minimum Gasteiger partial charge on any atom is -0.378 e. The lowest BCUT2D eigenvalue weighted by atomic mass is 10.1. The molecule has 4 nitrogen and oxygen atoms in total. The Hall–Kier alpha value is -1.37. The lowest BCUT2D eigenvalue weighted by Crippen LogP contribution is -2.15. The first-order valence-electron chi connectivity index (χ1n) is 5.80. The van der Waals surface area contributed by atoms with E-state index in [0.29, 0.717) is 5.56 Å². The molecule has 1 heterocycles. The van der Waals surface area contributed by atoms with Crippen LogP contribution in [0.15, 0.2) is 39.9 Å². The second-order valence-corrected chi connectivity index (χ2v) is 6.71. The summed E-state index contributed by atoms with van der Waals surface area (Å²) >= 11 is 1.63. The Morgan fingerprint density at radius 1 is 1.32 bits per heavy atom. The van der Waals surface area contributed by atoms with Gasteiger partial charge in [-0.25, -0.2) is 13.6 Å². The van der Waals surface area contributed by atoms with Crippen molar-refractivity contribution in [3.8, 4) is 0 Å². The number of hydrogen-bond donors (Lipinski definition) is 2. The number of sulfonamides is 1. The summed E-state index contributed by atoms with van der Waals surface area (Å²) in [5, 5.41) is 12.6. The maximum Gasteiger partial charge on any atom is 0.238 e. The molecule has 1 aromatic carbocycles. The smallest absolute Gasteiger partial charge is 0.238 e. The van der Waals surface area contributed by atoms with Gasteiger partial charge in [-0.15, -0.1) is 0 Å². The largest absolute Gasteiger partial charge is 0.378 e. The summed E-state index contributed by atoms with van der Waals surface area (Å²) in [4.78, 5) is 0.162. The van der Waals surface area contributed by atoms with Crippen molar-refractivity contribution in [3.63, 3.8) is 0 Å². The monoisotopic (exact) mass is 296 g/mol. The molecule has 3 N–H and O–H groups in total. The van der Waals surface area contributed by atoms with E-state index in [2.05, 4.69) is 10.7 Å². The zero-order chi connectivity index (χ0) is 14.0. The molecule has 0 bridgehead atoms. The van der Waals surface area contributed by atoms with Crippen molar-refractivity contribution in [2.75, 3.05) is 5.32 Å². The summed E-state index contributed by atoms with van der Waals surface area (Å²) in [6.07, 6.45) is 0. The molecule has 1 atom stereocenters. The van der Waals surface area contributed by atoms with E-state index in [1.54, 1.807) is 24.3 Å². The first kappa shape index (κ1) is 14.0. The van der Waals surface area contributed by atoms with Crippen LogP contribution in [0.1, 0.15) is 24.1 Å². The maximum absolute atomic E-state index is 11.5. The second-order valence-electron chi connectivity index (χ2n) is 4.40. The maximum atomic E-state index is 11.5.